The van der Waals surface area contributed by atoms with E-state index in [0.717, 1.165) is 25.7 Å². The third-order valence-corrected chi connectivity index (χ3v) is 4.63. The molecule has 1 aliphatic rings. The van der Waals surface area contributed by atoms with Crippen LogP contribution in [0.3, 0.4) is 0 Å². The Labute approximate surface area is 142 Å². The van der Waals surface area contributed by atoms with E-state index in [9.17, 15) is 4.79 Å². The lowest BCUT2D eigenvalue weighted by atomic mass is 9.85. The van der Waals surface area contributed by atoms with Crippen LogP contribution in [-0.4, -0.2) is 54.2 Å². The topological polar surface area (TPSA) is 32.8 Å². The number of carbonyl (C=O) groups excluding carboxylic acids is 1. The average Bonchev–Trinajstić information content (AvgIpc) is 2.43. The fraction of sp³-hybridized carbons (Fsp3) is 0.842. The lowest BCUT2D eigenvalue weighted by molar-refractivity contribution is 0.0180. The molecule has 0 aromatic heterocycles. The van der Waals surface area contributed by atoms with Crippen LogP contribution in [-0.2, 0) is 4.74 Å². The fourth-order valence-corrected chi connectivity index (χ4v) is 2.48. The van der Waals surface area contributed by atoms with Crippen molar-refractivity contribution in [3.05, 3.63) is 0 Å². The Balaban J connectivity index is 2.53. The zero-order valence-corrected chi connectivity index (χ0v) is 16.2. The van der Waals surface area contributed by atoms with Crippen LogP contribution < -0.4 is 0 Å². The van der Waals surface area contributed by atoms with Gasteiger partial charge in [-0.3, -0.25) is 4.90 Å². The Kier molecular flexibility index (Phi) is 6.53. The van der Waals surface area contributed by atoms with Crippen molar-refractivity contribution in [3.8, 4) is 11.8 Å². The van der Waals surface area contributed by atoms with Gasteiger partial charge in [0.2, 0.25) is 0 Å². The number of carbonyl (C=O) groups is 1. The SMILES string of the molecule is CN(C)C(C)(C)C#C[C@H]1CC[C@H](N(C)C(=O)OC(C)(C)C)CC1. The van der Waals surface area contributed by atoms with E-state index >= 15 is 0 Å². The molecule has 0 radical (unpaired) electrons. The molecule has 4 nitrogen and oxygen atoms in total. The fourth-order valence-electron chi connectivity index (χ4n) is 2.48. The van der Waals surface area contributed by atoms with E-state index in [1.165, 1.54) is 0 Å². The summed E-state index contributed by atoms with van der Waals surface area (Å²) in [5.74, 6) is 7.28. The van der Waals surface area contributed by atoms with Gasteiger partial charge in [0.15, 0.2) is 0 Å². The summed E-state index contributed by atoms with van der Waals surface area (Å²) in [4.78, 5) is 16.0. The molecule has 0 N–H and O–H groups in total. The molecule has 0 heterocycles. The van der Waals surface area contributed by atoms with E-state index < -0.39 is 5.60 Å². The zero-order chi connectivity index (χ0) is 17.8. The second kappa shape index (κ2) is 7.57. The normalized spacial score (nSPS) is 22.3. The van der Waals surface area contributed by atoms with Gasteiger partial charge in [-0.05, 0) is 74.4 Å². The van der Waals surface area contributed by atoms with Gasteiger partial charge >= 0.3 is 6.09 Å². The summed E-state index contributed by atoms with van der Waals surface area (Å²) in [6.07, 6.45) is 3.87. The van der Waals surface area contributed by atoms with Crippen LogP contribution in [0, 0.1) is 17.8 Å². The third kappa shape index (κ3) is 6.43. The maximum atomic E-state index is 12.1. The first-order chi connectivity index (χ1) is 10.4. The van der Waals surface area contributed by atoms with E-state index in [4.69, 9.17) is 4.74 Å². The number of amides is 1. The van der Waals surface area contributed by atoms with Crippen LogP contribution in [0.4, 0.5) is 4.79 Å². The third-order valence-electron chi connectivity index (χ3n) is 4.63. The van der Waals surface area contributed by atoms with Gasteiger partial charge in [0.25, 0.3) is 0 Å². The van der Waals surface area contributed by atoms with Gasteiger partial charge in [-0.2, -0.15) is 0 Å². The van der Waals surface area contributed by atoms with Crippen LogP contribution >= 0.6 is 0 Å². The van der Waals surface area contributed by atoms with Crippen LogP contribution in [0.25, 0.3) is 0 Å². The molecule has 0 atom stereocenters. The molecule has 1 fully saturated rings. The van der Waals surface area contributed by atoms with E-state index in [1.54, 1.807) is 4.90 Å². The molecule has 0 saturated heterocycles. The summed E-state index contributed by atoms with van der Waals surface area (Å²) in [5, 5.41) is 0. The second-order valence-corrected chi connectivity index (χ2v) is 8.32. The van der Waals surface area contributed by atoms with Crippen molar-refractivity contribution in [2.75, 3.05) is 21.1 Å². The minimum absolute atomic E-state index is 0.0931. The van der Waals surface area contributed by atoms with E-state index in [1.807, 2.05) is 27.8 Å². The van der Waals surface area contributed by atoms with Gasteiger partial charge in [-0.25, -0.2) is 4.79 Å². The Morgan fingerprint density at radius 2 is 1.52 bits per heavy atom. The number of rotatable bonds is 2. The standard InChI is InChI=1S/C19H34N2O2/c1-18(2,3)23-17(22)21(8)16-11-9-15(10-12-16)13-14-19(4,5)20(6)7/h15-16H,9-12H2,1-8H3/t15-,16-. The predicted molar refractivity (Wildman–Crippen MR) is 95.3 cm³/mol. The molecular formula is C19H34N2O2. The van der Waals surface area contributed by atoms with E-state index in [-0.39, 0.29) is 17.7 Å². The van der Waals surface area contributed by atoms with Gasteiger partial charge in [0.05, 0.1) is 5.54 Å². The molecule has 1 rings (SSSR count). The van der Waals surface area contributed by atoms with Crippen molar-refractivity contribution in [3.63, 3.8) is 0 Å². The molecule has 0 aromatic rings. The van der Waals surface area contributed by atoms with Crippen molar-refractivity contribution >= 4 is 6.09 Å². The van der Waals surface area contributed by atoms with Gasteiger partial charge in [0.1, 0.15) is 5.60 Å². The van der Waals surface area contributed by atoms with Crippen LogP contribution in [0.15, 0.2) is 0 Å². The van der Waals surface area contributed by atoms with E-state index in [2.05, 4.69) is 44.7 Å². The quantitative estimate of drug-likeness (QED) is 0.726. The molecule has 0 spiro atoms. The Bertz CT molecular complexity index is 458. The lowest BCUT2D eigenvalue weighted by Crippen LogP contribution is -2.42. The highest BCUT2D eigenvalue weighted by molar-refractivity contribution is 5.68. The summed E-state index contributed by atoms with van der Waals surface area (Å²) >= 11 is 0. The highest BCUT2D eigenvalue weighted by Gasteiger charge is 2.29. The highest BCUT2D eigenvalue weighted by Crippen LogP contribution is 2.27. The minimum atomic E-state index is -0.439. The van der Waals surface area contributed by atoms with Crippen LogP contribution in [0.1, 0.15) is 60.3 Å². The van der Waals surface area contributed by atoms with Gasteiger partial charge in [-0.15, -0.1) is 0 Å². The molecule has 132 valence electrons. The smallest absolute Gasteiger partial charge is 0.410 e. The highest BCUT2D eigenvalue weighted by atomic mass is 16.6. The molecule has 0 bridgehead atoms. The zero-order valence-electron chi connectivity index (χ0n) is 16.2. The summed E-state index contributed by atoms with van der Waals surface area (Å²) < 4.78 is 5.45. The molecule has 1 amide bonds. The summed E-state index contributed by atoms with van der Waals surface area (Å²) in [6, 6.07) is 0.268. The average molecular weight is 322 g/mol. The largest absolute Gasteiger partial charge is 0.444 e. The first-order valence-electron chi connectivity index (χ1n) is 8.58. The van der Waals surface area contributed by atoms with Crippen molar-refractivity contribution < 1.29 is 9.53 Å². The predicted octanol–water partition coefficient (Wildman–Crippen LogP) is 3.76. The van der Waals surface area contributed by atoms with Crippen molar-refractivity contribution in [1.82, 2.24) is 9.80 Å². The van der Waals surface area contributed by atoms with Gasteiger partial charge in [0, 0.05) is 19.0 Å². The van der Waals surface area contributed by atoms with Gasteiger partial charge < -0.3 is 9.64 Å². The van der Waals surface area contributed by atoms with Crippen molar-refractivity contribution in [1.29, 1.82) is 0 Å². The minimum Gasteiger partial charge on any atom is -0.444 e. The number of hydrogen-bond donors (Lipinski definition) is 0. The summed E-state index contributed by atoms with van der Waals surface area (Å²) in [6.45, 7) is 9.98. The first-order valence-corrected chi connectivity index (χ1v) is 8.58. The molecule has 1 saturated carbocycles. The summed E-state index contributed by atoms with van der Waals surface area (Å²) in [5.41, 5.74) is -0.532. The first kappa shape index (κ1) is 19.8. The Morgan fingerprint density at radius 3 is 1.96 bits per heavy atom. The van der Waals surface area contributed by atoms with E-state index in [0.29, 0.717) is 5.92 Å². The van der Waals surface area contributed by atoms with Crippen LogP contribution in [0.5, 0.6) is 0 Å². The van der Waals surface area contributed by atoms with Crippen molar-refractivity contribution in [2.24, 2.45) is 5.92 Å². The van der Waals surface area contributed by atoms with Gasteiger partial charge in [-0.1, -0.05) is 11.8 Å². The molecule has 1 aliphatic carbocycles. The molecular weight excluding hydrogens is 288 g/mol. The second-order valence-electron chi connectivity index (χ2n) is 8.32. The molecule has 23 heavy (non-hydrogen) atoms. The molecule has 0 aromatic carbocycles. The Hall–Kier alpha value is -1.21. The Morgan fingerprint density at radius 1 is 1.00 bits per heavy atom. The number of nitrogens with zero attached hydrogens (tertiary/aromatic N) is 2. The number of ether oxygens (including phenoxy) is 1. The monoisotopic (exact) mass is 322 g/mol. The van der Waals surface area contributed by atoms with Crippen LogP contribution in [0.2, 0.25) is 0 Å². The lowest BCUT2D eigenvalue weighted by Gasteiger charge is -2.34. The van der Waals surface area contributed by atoms with Crippen molar-refractivity contribution in [2.45, 2.75) is 77.5 Å². The summed E-state index contributed by atoms with van der Waals surface area (Å²) in [7, 11) is 5.96. The molecule has 0 aliphatic heterocycles. The number of hydrogen-bond acceptors (Lipinski definition) is 3. The molecule has 4 heteroatoms. The maximum absolute atomic E-state index is 12.1. The maximum Gasteiger partial charge on any atom is 0.410 e. The molecule has 0 unspecified atom stereocenters.